The minimum atomic E-state index is -0.774. The van der Waals surface area contributed by atoms with Gasteiger partial charge in [0.2, 0.25) is 17.3 Å². The number of fused-ring (bicyclic) bond motifs is 3. The van der Waals surface area contributed by atoms with Crippen molar-refractivity contribution in [2.24, 2.45) is 0 Å². The third kappa shape index (κ3) is 5.16. The van der Waals surface area contributed by atoms with Crippen LogP contribution in [-0.2, 0) is 0 Å². The number of nitrogens with one attached hydrogen (secondary N) is 1. The minimum absolute atomic E-state index is 0.0476. The zero-order valence-corrected chi connectivity index (χ0v) is 19.3. The summed E-state index contributed by atoms with van der Waals surface area (Å²) in [7, 11) is 0. The average molecular weight is 468 g/mol. The van der Waals surface area contributed by atoms with E-state index in [1.165, 1.54) is 23.9 Å². The van der Waals surface area contributed by atoms with Gasteiger partial charge >= 0.3 is 0 Å². The number of hydrogen-bond donors (Lipinski definition) is 1. The number of aromatic nitrogens is 3. The molecule has 0 fully saturated rings. The summed E-state index contributed by atoms with van der Waals surface area (Å²) < 4.78 is 12.2. The Kier molecular flexibility index (Phi) is 7.23. The van der Waals surface area contributed by atoms with E-state index in [1.54, 1.807) is 6.07 Å². The Labute approximate surface area is 196 Å². The van der Waals surface area contributed by atoms with Gasteiger partial charge in [-0.3, -0.25) is 10.1 Å². The average Bonchev–Trinajstić information content (AvgIpc) is 2.99. The summed E-state index contributed by atoms with van der Waals surface area (Å²) in [6.07, 6.45) is 2.15. The normalized spacial score (nSPS) is 14.3. The second-order valence-corrected chi connectivity index (χ2v) is 8.53. The summed E-state index contributed by atoms with van der Waals surface area (Å²) in [6.45, 7) is 4.61. The van der Waals surface area contributed by atoms with E-state index in [-0.39, 0.29) is 5.69 Å². The standard InChI is InChI=1S/C23H25N5O4S/c1-3-5-13-33-23-25-22-20(26-27-23)16-8-6-7-9-18(16)24-21(32-22)17-14-15(28(29)30)10-11-19(17)31-12-4-2/h6-11,14,21,24H,3-5,12-13H2,1-2H3/t21-/m0/s1. The Morgan fingerprint density at radius 2 is 2.03 bits per heavy atom. The molecule has 172 valence electrons. The van der Waals surface area contributed by atoms with Gasteiger partial charge in [0.15, 0.2) is 5.69 Å². The highest BCUT2D eigenvalue weighted by Gasteiger charge is 2.29. The number of nitro benzene ring substituents is 1. The van der Waals surface area contributed by atoms with Gasteiger partial charge in [0, 0.05) is 29.1 Å². The minimum Gasteiger partial charge on any atom is -0.493 e. The molecule has 0 aliphatic carbocycles. The van der Waals surface area contributed by atoms with Crippen molar-refractivity contribution in [3.63, 3.8) is 0 Å². The predicted molar refractivity (Wildman–Crippen MR) is 127 cm³/mol. The Morgan fingerprint density at radius 1 is 1.18 bits per heavy atom. The molecule has 0 saturated carbocycles. The summed E-state index contributed by atoms with van der Waals surface area (Å²) in [4.78, 5) is 15.7. The van der Waals surface area contributed by atoms with Crippen molar-refractivity contribution in [1.29, 1.82) is 0 Å². The molecular formula is C23H25N5O4S. The van der Waals surface area contributed by atoms with Gasteiger partial charge in [-0.1, -0.05) is 50.2 Å². The number of unbranched alkanes of at least 4 members (excludes halogenated alkanes) is 1. The molecule has 0 spiro atoms. The van der Waals surface area contributed by atoms with Crippen LogP contribution in [0.2, 0.25) is 0 Å². The molecule has 10 heteroatoms. The molecule has 2 aromatic carbocycles. The number of ether oxygens (including phenoxy) is 2. The summed E-state index contributed by atoms with van der Waals surface area (Å²) >= 11 is 1.52. The zero-order chi connectivity index (χ0) is 23.2. The lowest BCUT2D eigenvalue weighted by Gasteiger charge is -2.21. The second-order valence-electron chi connectivity index (χ2n) is 7.47. The molecule has 1 aliphatic heterocycles. The number of thioether (sulfide) groups is 1. The molecule has 33 heavy (non-hydrogen) atoms. The number of para-hydroxylation sites is 1. The van der Waals surface area contributed by atoms with E-state index in [9.17, 15) is 10.1 Å². The molecular weight excluding hydrogens is 442 g/mol. The number of benzene rings is 2. The summed E-state index contributed by atoms with van der Waals surface area (Å²) in [5, 5.41) is 24.0. The molecule has 0 saturated heterocycles. The third-order valence-electron chi connectivity index (χ3n) is 5.01. The van der Waals surface area contributed by atoms with Gasteiger partial charge in [0.25, 0.3) is 5.69 Å². The predicted octanol–water partition coefficient (Wildman–Crippen LogP) is 5.63. The molecule has 0 unspecified atom stereocenters. The topological polar surface area (TPSA) is 112 Å². The van der Waals surface area contributed by atoms with Crippen molar-refractivity contribution in [3.05, 3.63) is 58.1 Å². The maximum Gasteiger partial charge on any atom is 0.270 e. The summed E-state index contributed by atoms with van der Waals surface area (Å²) in [5.74, 6) is 1.72. The van der Waals surface area contributed by atoms with Crippen LogP contribution in [0.4, 0.5) is 11.4 Å². The van der Waals surface area contributed by atoms with Crippen LogP contribution in [0.5, 0.6) is 11.6 Å². The van der Waals surface area contributed by atoms with Gasteiger partial charge in [0.1, 0.15) is 5.75 Å². The molecule has 4 rings (SSSR count). The van der Waals surface area contributed by atoms with Crippen LogP contribution in [0.25, 0.3) is 11.3 Å². The van der Waals surface area contributed by atoms with Gasteiger partial charge < -0.3 is 14.8 Å². The van der Waals surface area contributed by atoms with Crippen molar-refractivity contribution in [2.45, 2.75) is 44.5 Å². The number of nitrogens with zero attached hydrogens (tertiary/aromatic N) is 4. The second kappa shape index (κ2) is 10.5. The van der Waals surface area contributed by atoms with Gasteiger partial charge in [-0.05, 0) is 25.0 Å². The smallest absolute Gasteiger partial charge is 0.270 e. The molecule has 1 atom stereocenters. The van der Waals surface area contributed by atoms with Crippen LogP contribution in [-0.4, -0.2) is 32.5 Å². The Bertz CT molecular complexity index is 1140. The molecule has 2 heterocycles. The maximum absolute atomic E-state index is 11.5. The van der Waals surface area contributed by atoms with Gasteiger partial charge in [-0.15, -0.1) is 10.2 Å². The number of rotatable bonds is 9. The Balaban J connectivity index is 1.78. The summed E-state index contributed by atoms with van der Waals surface area (Å²) in [5.41, 5.74) is 2.54. The lowest BCUT2D eigenvalue weighted by Crippen LogP contribution is -2.18. The highest BCUT2D eigenvalue weighted by Crippen LogP contribution is 2.41. The van der Waals surface area contributed by atoms with Crippen molar-refractivity contribution in [1.82, 2.24) is 15.2 Å². The van der Waals surface area contributed by atoms with Crippen LogP contribution >= 0.6 is 11.8 Å². The largest absolute Gasteiger partial charge is 0.493 e. The zero-order valence-electron chi connectivity index (χ0n) is 18.5. The van der Waals surface area contributed by atoms with Gasteiger partial charge in [-0.25, -0.2) is 0 Å². The molecule has 0 bridgehead atoms. The van der Waals surface area contributed by atoms with Crippen LogP contribution in [0.1, 0.15) is 44.9 Å². The first-order chi connectivity index (χ1) is 16.1. The van der Waals surface area contributed by atoms with Crippen molar-refractivity contribution in [2.75, 3.05) is 17.7 Å². The monoisotopic (exact) mass is 467 g/mol. The molecule has 1 aromatic heterocycles. The SMILES string of the molecule is CCCCSc1nnc2c(n1)O[C@@H](c1cc([N+](=O)[O-])ccc1OCCC)Nc1ccccc1-2. The van der Waals surface area contributed by atoms with E-state index in [1.807, 2.05) is 31.2 Å². The van der Waals surface area contributed by atoms with Crippen LogP contribution in [0.3, 0.4) is 0 Å². The quantitative estimate of drug-likeness (QED) is 0.185. The van der Waals surface area contributed by atoms with E-state index in [0.717, 1.165) is 36.3 Å². The number of non-ortho nitro benzene ring substituents is 1. The van der Waals surface area contributed by atoms with Crippen molar-refractivity contribution >= 4 is 23.1 Å². The Hall–Kier alpha value is -3.40. The highest BCUT2D eigenvalue weighted by atomic mass is 32.2. The molecule has 9 nitrogen and oxygen atoms in total. The fraction of sp³-hybridized carbons (Fsp3) is 0.348. The van der Waals surface area contributed by atoms with E-state index < -0.39 is 11.2 Å². The molecule has 3 aromatic rings. The van der Waals surface area contributed by atoms with E-state index >= 15 is 0 Å². The number of anilines is 1. The first-order valence-corrected chi connectivity index (χ1v) is 11.9. The van der Waals surface area contributed by atoms with Crippen molar-refractivity contribution in [3.8, 4) is 22.9 Å². The van der Waals surface area contributed by atoms with Crippen LogP contribution in [0, 0.1) is 10.1 Å². The highest BCUT2D eigenvalue weighted by molar-refractivity contribution is 7.99. The summed E-state index contributed by atoms with van der Waals surface area (Å²) in [6, 6.07) is 12.1. The Morgan fingerprint density at radius 3 is 2.82 bits per heavy atom. The first kappa shape index (κ1) is 22.8. The van der Waals surface area contributed by atoms with E-state index in [0.29, 0.717) is 34.7 Å². The molecule has 1 aliphatic rings. The van der Waals surface area contributed by atoms with Crippen molar-refractivity contribution < 1.29 is 14.4 Å². The lowest BCUT2D eigenvalue weighted by atomic mass is 10.1. The van der Waals surface area contributed by atoms with Crippen LogP contribution in [0.15, 0.2) is 47.6 Å². The van der Waals surface area contributed by atoms with Gasteiger partial charge in [0.05, 0.1) is 17.1 Å². The maximum atomic E-state index is 11.5. The van der Waals surface area contributed by atoms with Gasteiger partial charge in [-0.2, -0.15) is 4.98 Å². The first-order valence-electron chi connectivity index (χ1n) is 10.9. The fourth-order valence-electron chi connectivity index (χ4n) is 3.35. The third-order valence-corrected chi connectivity index (χ3v) is 5.93. The lowest BCUT2D eigenvalue weighted by molar-refractivity contribution is -0.385. The number of hydrogen-bond acceptors (Lipinski definition) is 9. The fourth-order valence-corrected chi connectivity index (χ4v) is 4.22. The molecule has 0 radical (unpaired) electrons. The van der Waals surface area contributed by atoms with E-state index in [2.05, 4.69) is 27.4 Å². The number of nitro groups is 1. The van der Waals surface area contributed by atoms with Crippen LogP contribution < -0.4 is 14.8 Å². The molecule has 1 N–H and O–H groups in total. The van der Waals surface area contributed by atoms with E-state index in [4.69, 9.17) is 9.47 Å². The molecule has 0 amide bonds.